The Morgan fingerprint density at radius 2 is 1.75 bits per heavy atom. The van der Waals surface area contributed by atoms with E-state index in [9.17, 15) is 8.78 Å². The summed E-state index contributed by atoms with van der Waals surface area (Å²) in [7, 11) is 0. The van der Waals surface area contributed by atoms with Crippen LogP contribution in [0, 0.1) is 11.6 Å². The van der Waals surface area contributed by atoms with Gasteiger partial charge in [-0.1, -0.05) is 19.1 Å². The third-order valence-electron chi connectivity index (χ3n) is 3.10. The van der Waals surface area contributed by atoms with Gasteiger partial charge in [0.05, 0.1) is 17.9 Å². The first-order valence-corrected chi connectivity index (χ1v) is 6.78. The van der Waals surface area contributed by atoms with Crippen LogP contribution >= 0.6 is 0 Å². The number of hydrogen-bond acceptors (Lipinski definition) is 2. The predicted octanol–water partition coefficient (Wildman–Crippen LogP) is 3.64. The standard InChI is InChI=1S/C16H18F2N2/c1-2-9-19-16(15-8-7-14(18)11-20-15)10-12-3-5-13(17)6-4-12/h3-8,11,16,19H,2,9-10H2,1H3. The van der Waals surface area contributed by atoms with Gasteiger partial charge in [-0.25, -0.2) is 8.78 Å². The largest absolute Gasteiger partial charge is 0.308 e. The van der Waals surface area contributed by atoms with Crippen molar-refractivity contribution in [2.75, 3.05) is 6.54 Å². The van der Waals surface area contributed by atoms with Crippen molar-refractivity contribution in [2.24, 2.45) is 0 Å². The van der Waals surface area contributed by atoms with Gasteiger partial charge in [0.2, 0.25) is 0 Å². The number of halogens is 2. The number of aromatic nitrogens is 1. The molecule has 0 aliphatic heterocycles. The Labute approximate surface area is 117 Å². The third kappa shape index (κ3) is 4.10. The van der Waals surface area contributed by atoms with E-state index >= 15 is 0 Å². The highest BCUT2D eigenvalue weighted by molar-refractivity contribution is 5.20. The molecule has 1 N–H and O–H groups in total. The van der Waals surface area contributed by atoms with E-state index in [0.717, 1.165) is 24.2 Å². The highest BCUT2D eigenvalue weighted by Gasteiger charge is 2.13. The lowest BCUT2D eigenvalue weighted by molar-refractivity contribution is 0.513. The van der Waals surface area contributed by atoms with Crippen molar-refractivity contribution in [3.05, 3.63) is 65.5 Å². The van der Waals surface area contributed by atoms with Gasteiger partial charge < -0.3 is 5.32 Å². The van der Waals surface area contributed by atoms with Crippen LogP contribution in [-0.2, 0) is 6.42 Å². The van der Waals surface area contributed by atoms with E-state index in [-0.39, 0.29) is 17.7 Å². The average molecular weight is 276 g/mol. The van der Waals surface area contributed by atoms with Crippen LogP contribution in [0.5, 0.6) is 0 Å². The summed E-state index contributed by atoms with van der Waals surface area (Å²) in [6, 6.07) is 9.52. The molecule has 0 aliphatic carbocycles. The molecule has 2 aromatic rings. The molecule has 1 unspecified atom stereocenters. The quantitative estimate of drug-likeness (QED) is 0.871. The summed E-state index contributed by atoms with van der Waals surface area (Å²) in [5.41, 5.74) is 1.82. The maximum atomic E-state index is 12.9. The summed E-state index contributed by atoms with van der Waals surface area (Å²) < 4.78 is 25.9. The summed E-state index contributed by atoms with van der Waals surface area (Å²) in [6.45, 7) is 2.94. The zero-order chi connectivity index (χ0) is 14.4. The average Bonchev–Trinajstić information content (AvgIpc) is 2.46. The zero-order valence-electron chi connectivity index (χ0n) is 11.4. The Kier molecular flexibility index (Phi) is 5.18. The lowest BCUT2D eigenvalue weighted by atomic mass is 10.0. The molecule has 0 radical (unpaired) electrons. The normalized spacial score (nSPS) is 12.3. The fourth-order valence-electron chi connectivity index (χ4n) is 2.05. The van der Waals surface area contributed by atoms with Crippen LogP contribution in [-0.4, -0.2) is 11.5 Å². The molecule has 20 heavy (non-hydrogen) atoms. The lowest BCUT2D eigenvalue weighted by Crippen LogP contribution is -2.25. The van der Waals surface area contributed by atoms with E-state index in [4.69, 9.17) is 0 Å². The Hall–Kier alpha value is -1.81. The fourth-order valence-corrected chi connectivity index (χ4v) is 2.05. The van der Waals surface area contributed by atoms with Crippen molar-refractivity contribution in [3.8, 4) is 0 Å². The Morgan fingerprint density at radius 3 is 2.35 bits per heavy atom. The molecule has 1 aromatic heterocycles. The van der Waals surface area contributed by atoms with Gasteiger partial charge in [0, 0.05) is 0 Å². The molecule has 1 heterocycles. The van der Waals surface area contributed by atoms with E-state index in [1.165, 1.54) is 24.4 Å². The second-order valence-electron chi connectivity index (χ2n) is 4.74. The zero-order valence-corrected chi connectivity index (χ0v) is 11.4. The van der Waals surface area contributed by atoms with E-state index in [1.54, 1.807) is 18.2 Å². The second kappa shape index (κ2) is 7.10. The highest BCUT2D eigenvalue weighted by Crippen LogP contribution is 2.17. The number of rotatable bonds is 6. The van der Waals surface area contributed by atoms with Crippen LogP contribution in [0.25, 0.3) is 0 Å². The van der Waals surface area contributed by atoms with Crippen molar-refractivity contribution >= 4 is 0 Å². The molecule has 0 saturated carbocycles. The molecule has 2 nitrogen and oxygen atoms in total. The van der Waals surface area contributed by atoms with Crippen molar-refractivity contribution in [3.63, 3.8) is 0 Å². The molecular formula is C16H18F2N2. The SMILES string of the molecule is CCCNC(Cc1ccc(F)cc1)c1ccc(F)cn1. The maximum absolute atomic E-state index is 12.9. The van der Waals surface area contributed by atoms with Gasteiger partial charge in [-0.15, -0.1) is 0 Å². The Balaban J connectivity index is 2.14. The molecule has 0 bridgehead atoms. The maximum Gasteiger partial charge on any atom is 0.141 e. The smallest absolute Gasteiger partial charge is 0.141 e. The summed E-state index contributed by atoms with van der Waals surface area (Å²) in [5, 5.41) is 3.39. The van der Waals surface area contributed by atoms with Crippen molar-refractivity contribution < 1.29 is 8.78 Å². The molecule has 2 rings (SSSR count). The topological polar surface area (TPSA) is 24.9 Å². The molecule has 106 valence electrons. The van der Waals surface area contributed by atoms with E-state index < -0.39 is 0 Å². The number of pyridine rings is 1. The molecule has 0 fully saturated rings. The van der Waals surface area contributed by atoms with E-state index in [2.05, 4.69) is 17.2 Å². The minimum atomic E-state index is -0.343. The molecular weight excluding hydrogens is 258 g/mol. The van der Waals surface area contributed by atoms with Crippen LogP contribution < -0.4 is 5.32 Å². The van der Waals surface area contributed by atoms with Crippen LogP contribution in [0.2, 0.25) is 0 Å². The molecule has 0 aliphatic rings. The summed E-state index contributed by atoms with van der Waals surface area (Å²) in [4.78, 5) is 4.13. The first kappa shape index (κ1) is 14.6. The second-order valence-corrected chi connectivity index (χ2v) is 4.74. The lowest BCUT2D eigenvalue weighted by Gasteiger charge is -2.18. The van der Waals surface area contributed by atoms with Crippen LogP contribution in [0.4, 0.5) is 8.78 Å². The molecule has 1 atom stereocenters. The summed E-state index contributed by atoms with van der Waals surface area (Å²) in [5.74, 6) is -0.587. The van der Waals surface area contributed by atoms with Crippen molar-refractivity contribution in [1.29, 1.82) is 0 Å². The molecule has 4 heteroatoms. The Bertz CT molecular complexity index is 523. The fraction of sp³-hybridized carbons (Fsp3) is 0.312. The van der Waals surface area contributed by atoms with Crippen molar-refractivity contribution in [1.82, 2.24) is 10.3 Å². The number of nitrogens with one attached hydrogen (secondary N) is 1. The predicted molar refractivity (Wildman–Crippen MR) is 75.3 cm³/mol. The minimum Gasteiger partial charge on any atom is -0.308 e. The first-order valence-electron chi connectivity index (χ1n) is 6.78. The number of hydrogen-bond donors (Lipinski definition) is 1. The van der Waals surface area contributed by atoms with Crippen LogP contribution in [0.3, 0.4) is 0 Å². The van der Waals surface area contributed by atoms with Gasteiger partial charge in [0.15, 0.2) is 0 Å². The number of nitrogens with zero attached hydrogens (tertiary/aromatic N) is 1. The molecule has 0 saturated heterocycles. The molecule has 1 aromatic carbocycles. The van der Waals surface area contributed by atoms with E-state index in [0.29, 0.717) is 6.42 Å². The van der Waals surface area contributed by atoms with Gasteiger partial charge in [-0.05, 0) is 49.2 Å². The van der Waals surface area contributed by atoms with Crippen LogP contribution in [0.1, 0.15) is 30.6 Å². The van der Waals surface area contributed by atoms with Gasteiger partial charge in [-0.2, -0.15) is 0 Å². The monoisotopic (exact) mass is 276 g/mol. The molecule has 0 amide bonds. The summed E-state index contributed by atoms with van der Waals surface area (Å²) >= 11 is 0. The van der Waals surface area contributed by atoms with Crippen LogP contribution in [0.15, 0.2) is 42.6 Å². The van der Waals surface area contributed by atoms with Gasteiger partial charge in [-0.3, -0.25) is 4.98 Å². The highest BCUT2D eigenvalue weighted by atomic mass is 19.1. The van der Waals surface area contributed by atoms with Gasteiger partial charge in [0.25, 0.3) is 0 Å². The molecule has 0 spiro atoms. The Morgan fingerprint density at radius 1 is 1.05 bits per heavy atom. The van der Waals surface area contributed by atoms with Crippen molar-refractivity contribution in [2.45, 2.75) is 25.8 Å². The number of benzene rings is 1. The minimum absolute atomic E-state index is 0.000936. The summed E-state index contributed by atoms with van der Waals surface area (Å²) in [6.07, 6.45) is 2.92. The van der Waals surface area contributed by atoms with Gasteiger partial charge >= 0.3 is 0 Å². The van der Waals surface area contributed by atoms with E-state index in [1.807, 2.05) is 0 Å². The third-order valence-corrected chi connectivity index (χ3v) is 3.10. The first-order chi connectivity index (χ1) is 9.69. The van der Waals surface area contributed by atoms with Gasteiger partial charge in [0.1, 0.15) is 11.6 Å².